The van der Waals surface area contributed by atoms with Crippen LogP contribution in [0, 0.1) is 0 Å². The van der Waals surface area contributed by atoms with Crippen LogP contribution < -0.4 is 5.32 Å². The molecule has 152 valence electrons. The summed E-state index contributed by atoms with van der Waals surface area (Å²) in [6.45, 7) is 3.93. The molecular weight excluding hydrogens is 398 g/mol. The molecule has 1 aliphatic heterocycles. The maximum Gasteiger partial charge on any atom is 0.233 e. The van der Waals surface area contributed by atoms with Gasteiger partial charge in [0.2, 0.25) is 11.1 Å². The first-order valence-corrected chi connectivity index (χ1v) is 12.1. The number of unbranched alkanes of at least 4 members (excludes halogenated alkanes) is 1. The molecule has 2 heterocycles. The summed E-state index contributed by atoms with van der Waals surface area (Å²) >= 11 is 1.25. The smallest absolute Gasteiger partial charge is 0.233 e. The van der Waals surface area contributed by atoms with Gasteiger partial charge in [-0.15, -0.1) is 5.10 Å². The third-order valence-corrected chi connectivity index (χ3v) is 7.47. The molecule has 2 unspecified atom stereocenters. The molecular formula is C18H25N5O3S2. The van der Waals surface area contributed by atoms with Crippen LogP contribution in [0.25, 0.3) is 5.69 Å². The fourth-order valence-corrected chi connectivity index (χ4v) is 5.53. The molecule has 2 atom stereocenters. The highest BCUT2D eigenvalue weighted by Gasteiger charge is 2.30. The van der Waals surface area contributed by atoms with Crippen LogP contribution in [0.2, 0.25) is 0 Å². The van der Waals surface area contributed by atoms with E-state index < -0.39 is 15.1 Å². The summed E-state index contributed by atoms with van der Waals surface area (Å²) < 4.78 is 24.7. The van der Waals surface area contributed by atoms with Gasteiger partial charge < -0.3 is 5.32 Å². The van der Waals surface area contributed by atoms with E-state index in [9.17, 15) is 13.2 Å². The quantitative estimate of drug-likeness (QED) is 0.645. The average Bonchev–Trinajstić information content (AvgIpc) is 3.26. The van der Waals surface area contributed by atoms with Crippen molar-refractivity contribution in [1.82, 2.24) is 25.5 Å². The molecule has 8 nitrogen and oxygen atoms in total. The van der Waals surface area contributed by atoms with E-state index in [1.807, 2.05) is 12.1 Å². The van der Waals surface area contributed by atoms with Crippen molar-refractivity contribution in [3.63, 3.8) is 0 Å². The van der Waals surface area contributed by atoms with Crippen LogP contribution in [-0.4, -0.2) is 57.3 Å². The van der Waals surface area contributed by atoms with Crippen molar-refractivity contribution in [3.05, 3.63) is 29.8 Å². The Balaban J connectivity index is 1.62. The summed E-state index contributed by atoms with van der Waals surface area (Å²) in [5, 5.41) is 14.7. The molecule has 0 radical (unpaired) electrons. The van der Waals surface area contributed by atoms with E-state index >= 15 is 0 Å². The van der Waals surface area contributed by atoms with Gasteiger partial charge in [-0.3, -0.25) is 4.79 Å². The van der Waals surface area contributed by atoms with Crippen LogP contribution in [0.3, 0.4) is 0 Å². The number of benzene rings is 1. The number of tetrazole rings is 1. The molecule has 1 amide bonds. The summed E-state index contributed by atoms with van der Waals surface area (Å²) in [5.41, 5.74) is 2.11. The number of aryl methyl sites for hydroxylation is 1. The first-order chi connectivity index (χ1) is 13.4. The summed E-state index contributed by atoms with van der Waals surface area (Å²) in [4.78, 5) is 12.4. The second kappa shape index (κ2) is 9.04. The van der Waals surface area contributed by atoms with E-state index in [0.717, 1.165) is 24.9 Å². The molecule has 3 rings (SSSR count). The Morgan fingerprint density at radius 3 is 2.75 bits per heavy atom. The largest absolute Gasteiger partial charge is 0.351 e. The zero-order valence-corrected chi connectivity index (χ0v) is 17.7. The summed E-state index contributed by atoms with van der Waals surface area (Å²) in [5.74, 6) is -0.0684. The van der Waals surface area contributed by atoms with Crippen LogP contribution in [0.1, 0.15) is 38.7 Å². The SMILES string of the molecule is CCCCc1ccc(-n2nnnc2SC(C)C(=O)NC2CCS(=O)(=O)C2)cc1. The summed E-state index contributed by atoms with van der Waals surface area (Å²) in [6, 6.07) is 7.77. The van der Waals surface area contributed by atoms with Crippen LogP contribution in [0.5, 0.6) is 0 Å². The number of hydrogen-bond donors (Lipinski definition) is 1. The van der Waals surface area contributed by atoms with Gasteiger partial charge in [0.15, 0.2) is 9.84 Å². The highest BCUT2D eigenvalue weighted by molar-refractivity contribution is 8.00. The van der Waals surface area contributed by atoms with Gasteiger partial charge in [-0.05, 0) is 54.3 Å². The predicted molar refractivity (Wildman–Crippen MR) is 108 cm³/mol. The van der Waals surface area contributed by atoms with E-state index in [-0.39, 0.29) is 23.5 Å². The van der Waals surface area contributed by atoms with Gasteiger partial charge in [-0.25, -0.2) is 8.42 Å². The van der Waals surface area contributed by atoms with Crippen LogP contribution in [0.4, 0.5) is 0 Å². The van der Waals surface area contributed by atoms with Gasteiger partial charge in [0.1, 0.15) is 0 Å². The lowest BCUT2D eigenvalue weighted by molar-refractivity contribution is -0.120. The molecule has 2 aromatic rings. The first kappa shape index (κ1) is 20.8. The molecule has 0 aliphatic carbocycles. The Hall–Kier alpha value is -1.94. The number of amides is 1. The number of carbonyl (C=O) groups is 1. The normalized spacial score (nSPS) is 19.4. The Kier molecular flexibility index (Phi) is 6.71. The van der Waals surface area contributed by atoms with Crippen molar-refractivity contribution in [2.75, 3.05) is 11.5 Å². The lowest BCUT2D eigenvalue weighted by Crippen LogP contribution is -2.40. The minimum atomic E-state index is -3.03. The van der Waals surface area contributed by atoms with Crippen LogP contribution in [-0.2, 0) is 21.1 Å². The molecule has 1 saturated heterocycles. The molecule has 1 fully saturated rings. The minimum Gasteiger partial charge on any atom is -0.351 e. The van der Waals surface area contributed by atoms with Crippen LogP contribution in [0.15, 0.2) is 29.4 Å². The van der Waals surface area contributed by atoms with Crippen LogP contribution >= 0.6 is 11.8 Å². The van der Waals surface area contributed by atoms with Gasteiger partial charge >= 0.3 is 0 Å². The number of sulfone groups is 1. The van der Waals surface area contributed by atoms with Crippen molar-refractivity contribution in [2.24, 2.45) is 0 Å². The summed E-state index contributed by atoms with van der Waals surface area (Å²) in [7, 11) is -3.03. The first-order valence-electron chi connectivity index (χ1n) is 9.43. The monoisotopic (exact) mass is 423 g/mol. The molecule has 10 heteroatoms. The topological polar surface area (TPSA) is 107 Å². The van der Waals surface area contributed by atoms with E-state index in [1.54, 1.807) is 11.6 Å². The molecule has 0 bridgehead atoms. The Labute approximate surface area is 169 Å². The number of hydrogen-bond acceptors (Lipinski definition) is 7. The molecule has 1 aromatic carbocycles. The third-order valence-electron chi connectivity index (χ3n) is 4.67. The van der Waals surface area contributed by atoms with Crippen molar-refractivity contribution in [3.8, 4) is 5.69 Å². The van der Waals surface area contributed by atoms with Crippen molar-refractivity contribution < 1.29 is 13.2 Å². The lowest BCUT2D eigenvalue weighted by Gasteiger charge is -2.15. The van der Waals surface area contributed by atoms with Gasteiger partial charge in [0.25, 0.3) is 0 Å². The Morgan fingerprint density at radius 2 is 2.11 bits per heavy atom. The molecule has 1 N–H and O–H groups in total. The van der Waals surface area contributed by atoms with E-state index in [4.69, 9.17) is 0 Å². The third kappa shape index (κ3) is 5.32. The Bertz CT molecular complexity index is 912. The zero-order chi connectivity index (χ0) is 20.1. The van der Waals surface area contributed by atoms with Gasteiger partial charge in [0, 0.05) is 6.04 Å². The van der Waals surface area contributed by atoms with Crippen molar-refractivity contribution >= 4 is 27.5 Å². The molecule has 0 spiro atoms. The number of aromatic nitrogens is 4. The highest BCUT2D eigenvalue weighted by Crippen LogP contribution is 2.24. The maximum atomic E-state index is 12.4. The van der Waals surface area contributed by atoms with Crippen molar-refractivity contribution in [1.29, 1.82) is 0 Å². The maximum absolute atomic E-state index is 12.4. The molecule has 1 aliphatic rings. The number of rotatable bonds is 8. The van der Waals surface area contributed by atoms with E-state index in [1.165, 1.54) is 17.3 Å². The highest BCUT2D eigenvalue weighted by atomic mass is 32.2. The fraction of sp³-hybridized carbons (Fsp3) is 0.556. The zero-order valence-electron chi connectivity index (χ0n) is 16.0. The van der Waals surface area contributed by atoms with Gasteiger partial charge in [0.05, 0.1) is 22.4 Å². The second-order valence-electron chi connectivity index (χ2n) is 7.01. The average molecular weight is 424 g/mol. The molecule has 1 aromatic heterocycles. The number of thioether (sulfide) groups is 1. The fourth-order valence-electron chi connectivity index (χ4n) is 3.04. The molecule has 28 heavy (non-hydrogen) atoms. The summed E-state index contributed by atoms with van der Waals surface area (Å²) in [6.07, 6.45) is 3.82. The molecule has 0 saturated carbocycles. The van der Waals surface area contributed by atoms with Gasteiger partial charge in [-0.2, -0.15) is 4.68 Å². The number of nitrogens with one attached hydrogen (secondary N) is 1. The lowest BCUT2D eigenvalue weighted by atomic mass is 10.1. The Morgan fingerprint density at radius 1 is 1.36 bits per heavy atom. The van der Waals surface area contributed by atoms with E-state index in [2.05, 4.69) is 39.9 Å². The second-order valence-corrected chi connectivity index (χ2v) is 10.5. The van der Waals surface area contributed by atoms with E-state index in [0.29, 0.717) is 11.6 Å². The predicted octanol–water partition coefficient (Wildman–Crippen LogP) is 1.79. The number of carbonyl (C=O) groups excluding carboxylic acids is 1. The minimum absolute atomic E-state index is 0.0121. The number of nitrogens with zero attached hydrogens (tertiary/aromatic N) is 4. The standard InChI is InChI=1S/C18H25N5O3S2/c1-3-4-5-14-6-8-16(9-7-14)23-18(20-21-22-23)27-13(2)17(24)19-15-10-11-28(25,26)12-15/h6-9,13,15H,3-5,10-12H2,1-2H3,(H,19,24). The van der Waals surface area contributed by atoms with Gasteiger partial charge in [-0.1, -0.05) is 37.2 Å². The van der Waals surface area contributed by atoms with Crippen molar-refractivity contribution in [2.45, 2.75) is 56.0 Å².